The summed E-state index contributed by atoms with van der Waals surface area (Å²) in [5, 5.41) is 0. The lowest BCUT2D eigenvalue weighted by Gasteiger charge is -2.41. The van der Waals surface area contributed by atoms with Crippen molar-refractivity contribution in [2.75, 3.05) is 44.7 Å². The molecular weight excluding hydrogens is 426 g/mol. The molecule has 0 bridgehead atoms. The number of carbonyl (C=O) groups is 2. The van der Waals surface area contributed by atoms with Crippen LogP contribution >= 0.6 is 0 Å². The van der Waals surface area contributed by atoms with E-state index < -0.39 is 0 Å². The Bertz CT molecular complexity index is 1010. The van der Waals surface area contributed by atoms with Crippen LogP contribution < -0.4 is 9.64 Å². The molecule has 6 nitrogen and oxygen atoms in total. The van der Waals surface area contributed by atoms with Gasteiger partial charge in [0.1, 0.15) is 5.75 Å². The van der Waals surface area contributed by atoms with E-state index in [-0.39, 0.29) is 23.7 Å². The van der Waals surface area contributed by atoms with Gasteiger partial charge in [-0.15, -0.1) is 0 Å². The summed E-state index contributed by atoms with van der Waals surface area (Å²) in [5.41, 5.74) is 3.75. The molecule has 0 radical (unpaired) electrons. The Morgan fingerprint density at radius 3 is 2.03 bits per heavy atom. The van der Waals surface area contributed by atoms with Gasteiger partial charge in [0.15, 0.2) is 0 Å². The molecule has 2 atom stereocenters. The minimum absolute atomic E-state index is 0.175. The van der Waals surface area contributed by atoms with Gasteiger partial charge in [-0.1, -0.05) is 37.1 Å². The van der Waals surface area contributed by atoms with Crippen LogP contribution in [0.1, 0.15) is 36.8 Å². The monoisotopic (exact) mass is 461 g/mol. The summed E-state index contributed by atoms with van der Waals surface area (Å²) in [5.74, 6) is 0.870. The van der Waals surface area contributed by atoms with E-state index in [1.54, 1.807) is 7.11 Å². The van der Waals surface area contributed by atoms with Gasteiger partial charge < -0.3 is 19.4 Å². The van der Waals surface area contributed by atoms with Crippen molar-refractivity contribution >= 4 is 17.5 Å². The molecular formula is C28H35N3O3. The number of anilines is 1. The van der Waals surface area contributed by atoms with Crippen LogP contribution in [0, 0.1) is 11.8 Å². The second kappa shape index (κ2) is 10.1. The van der Waals surface area contributed by atoms with E-state index >= 15 is 0 Å². The average molecular weight is 462 g/mol. The average Bonchev–Trinajstić information content (AvgIpc) is 2.92. The van der Waals surface area contributed by atoms with Crippen molar-refractivity contribution in [2.45, 2.75) is 38.6 Å². The topological polar surface area (TPSA) is 53.1 Å². The van der Waals surface area contributed by atoms with Crippen LogP contribution in [0.3, 0.4) is 0 Å². The third-order valence-corrected chi connectivity index (χ3v) is 7.87. The maximum atomic E-state index is 13.6. The van der Waals surface area contributed by atoms with Gasteiger partial charge in [-0.05, 0) is 54.7 Å². The predicted molar refractivity (Wildman–Crippen MR) is 133 cm³/mol. The highest BCUT2D eigenvalue weighted by Crippen LogP contribution is 2.34. The Morgan fingerprint density at radius 1 is 0.765 bits per heavy atom. The molecule has 6 heteroatoms. The standard InChI is InChI=1S/C28H35N3O3/c1-34-24-12-10-23(11-13-24)29-16-18-30(19-17-29)27(32)25-8-4-5-9-26(25)28(33)31-15-14-21-6-2-3-7-22(21)20-31/h2-3,6-7,10-13,25-26H,4-5,8-9,14-20H2,1H3. The Hall–Kier alpha value is -3.02. The third-order valence-electron chi connectivity index (χ3n) is 7.87. The van der Waals surface area contributed by atoms with Crippen LogP contribution in [-0.2, 0) is 22.6 Å². The summed E-state index contributed by atoms with van der Waals surface area (Å²) in [6, 6.07) is 16.5. The van der Waals surface area contributed by atoms with Gasteiger partial charge in [0.25, 0.3) is 0 Å². The molecule has 1 saturated carbocycles. The quantitative estimate of drug-likeness (QED) is 0.696. The van der Waals surface area contributed by atoms with E-state index in [2.05, 4.69) is 35.2 Å². The lowest BCUT2D eigenvalue weighted by Crippen LogP contribution is -2.53. The number of methoxy groups -OCH3 is 1. The van der Waals surface area contributed by atoms with E-state index in [0.29, 0.717) is 19.6 Å². The Morgan fingerprint density at radius 2 is 1.38 bits per heavy atom. The van der Waals surface area contributed by atoms with E-state index in [0.717, 1.165) is 63.2 Å². The first-order chi connectivity index (χ1) is 16.6. The normalized spacial score (nSPS) is 22.8. The van der Waals surface area contributed by atoms with Crippen LogP contribution in [0.2, 0.25) is 0 Å². The molecule has 1 aliphatic carbocycles. The number of rotatable bonds is 4. The molecule has 3 aliphatic rings. The van der Waals surface area contributed by atoms with Gasteiger partial charge in [-0.2, -0.15) is 0 Å². The van der Waals surface area contributed by atoms with Gasteiger partial charge in [-0.25, -0.2) is 0 Å². The molecule has 2 fully saturated rings. The Kier molecular flexibility index (Phi) is 6.75. The van der Waals surface area contributed by atoms with Gasteiger partial charge in [0.2, 0.25) is 11.8 Å². The van der Waals surface area contributed by atoms with Crippen molar-refractivity contribution in [2.24, 2.45) is 11.8 Å². The maximum Gasteiger partial charge on any atom is 0.226 e. The summed E-state index contributed by atoms with van der Waals surface area (Å²) in [7, 11) is 1.67. The van der Waals surface area contributed by atoms with Crippen molar-refractivity contribution in [1.82, 2.24) is 9.80 Å². The number of carbonyl (C=O) groups excluding carboxylic acids is 2. The van der Waals surface area contributed by atoms with Gasteiger partial charge in [-0.3, -0.25) is 9.59 Å². The predicted octanol–water partition coefficient (Wildman–Crippen LogP) is 3.74. The first kappa shape index (κ1) is 22.8. The van der Waals surface area contributed by atoms with Crippen LogP contribution in [0.5, 0.6) is 5.75 Å². The fourth-order valence-electron chi connectivity index (χ4n) is 5.85. The van der Waals surface area contributed by atoms with Gasteiger partial charge in [0, 0.05) is 56.8 Å². The summed E-state index contributed by atoms with van der Waals surface area (Å²) >= 11 is 0. The van der Waals surface area contributed by atoms with Crippen LogP contribution in [0.25, 0.3) is 0 Å². The van der Waals surface area contributed by atoms with Crippen molar-refractivity contribution in [3.63, 3.8) is 0 Å². The molecule has 1 saturated heterocycles. The van der Waals surface area contributed by atoms with Gasteiger partial charge >= 0.3 is 0 Å². The fraction of sp³-hybridized carbons (Fsp3) is 0.500. The molecule has 180 valence electrons. The molecule has 0 aromatic heterocycles. The van der Waals surface area contributed by atoms with Crippen LogP contribution in [-0.4, -0.2) is 61.4 Å². The Labute approximate surface area is 202 Å². The second-order valence-corrected chi connectivity index (χ2v) is 9.79. The zero-order chi connectivity index (χ0) is 23.5. The van der Waals surface area contributed by atoms with E-state index in [1.165, 1.54) is 11.1 Å². The fourth-order valence-corrected chi connectivity index (χ4v) is 5.85. The molecule has 2 aliphatic heterocycles. The van der Waals surface area contributed by atoms with Crippen molar-refractivity contribution < 1.29 is 14.3 Å². The largest absolute Gasteiger partial charge is 0.497 e. The third kappa shape index (κ3) is 4.63. The summed E-state index contributed by atoms with van der Waals surface area (Å²) in [6.45, 7) is 4.47. The highest BCUT2D eigenvalue weighted by Gasteiger charge is 2.40. The number of piperazine rings is 1. The SMILES string of the molecule is COc1ccc(N2CCN(C(=O)C3CCCCC3C(=O)N3CCc4ccccc4C3)CC2)cc1. The van der Waals surface area contributed by atoms with Crippen molar-refractivity contribution in [3.05, 3.63) is 59.7 Å². The van der Waals surface area contributed by atoms with Crippen molar-refractivity contribution in [3.8, 4) is 5.75 Å². The van der Waals surface area contributed by atoms with Crippen LogP contribution in [0.15, 0.2) is 48.5 Å². The van der Waals surface area contributed by atoms with E-state index in [9.17, 15) is 9.59 Å². The maximum absolute atomic E-state index is 13.6. The summed E-state index contributed by atoms with van der Waals surface area (Å²) in [4.78, 5) is 33.5. The second-order valence-electron chi connectivity index (χ2n) is 9.79. The molecule has 34 heavy (non-hydrogen) atoms. The lowest BCUT2D eigenvalue weighted by atomic mass is 9.77. The number of hydrogen-bond donors (Lipinski definition) is 0. The molecule has 2 aromatic rings. The number of fused-ring (bicyclic) bond motifs is 1. The lowest BCUT2D eigenvalue weighted by molar-refractivity contribution is -0.149. The summed E-state index contributed by atoms with van der Waals surface area (Å²) < 4.78 is 5.26. The van der Waals surface area contributed by atoms with E-state index in [4.69, 9.17) is 4.74 Å². The zero-order valence-electron chi connectivity index (χ0n) is 20.1. The van der Waals surface area contributed by atoms with E-state index in [1.807, 2.05) is 28.0 Å². The zero-order valence-corrected chi connectivity index (χ0v) is 20.1. The smallest absolute Gasteiger partial charge is 0.226 e. The minimum atomic E-state index is -0.175. The molecule has 2 heterocycles. The Balaban J connectivity index is 1.22. The molecule has 2 amide bonds. The summed E-state index contributed by atoms with van der Waals surface area (Å²) in [6.07, 6.45) is 4.64. The molecule has 0 spiro atoms. The highest BCUT2D eigenvalue weighted by molar-refractivity contribution is 5.88. The van der Waals surface area contributed by atoms with Gasteiger partial charge in [0.05, 0.1) is 7.11 Å². The molecule has 2 aromatic carbocycles. The molecule has 0 N–H and O–H groups in total. The molecule has 5 rings (SSSR count). The number of benzene rings is 2. The first-order valence-corrected chi connectivity index (χ1v) is 12.7. The number of hydrogen-bond acceptors (Lipinski definition) is 4. The molecule has 2 unspecified atom stereocenters. The first-order valence-electron chi connectivity index (χ1n) is 12.7. The minimum Gasteiger partial charge on any atom is -0.497 e. The number of amides is 2. The van der Waals surface area contributed by atoms with Crippen molar-refractivity contribution in [1.29, 1.82) is 0 Å². The number of nitrogens with zero attached hydrogens (tertiary/aromatic N) is 3. The van der Waals surface area contributed by atoms with Crippen LogP contribution in [0.4, 0.5) is 5.69 Å². The number of ether oxygens (including phenoxy) is 1. The highest BCUT2D eigenvalue weighted by atomic mass is 16.5.